The molecule has 0 unspecified atom stereocenters. The number of benzene rings is 1. The standard InChI is InChI=1S/C14H22N2O3/c1-14(2,3)16-12(17)9-19-13-10(8-15)6-5-7-11(13)18-4/h5-7H,8-9,15H2,1-4H3,(H,16,17). The molecule has 5 heteroatoms. The van der Waals surface area contributed by atoms with E-state index in [-0.39, 0.29) is 18.1 Å². The van der Waals surface area contributed by atoms with E-state index in [1.165, 1.54) is 0 Å². The Hall–Kier alpha value is -1.75. The number of ether oxygens (including phenoxy) is 2. The minimum Gasteiger partial charge on any atom is -0.493 e. The number of nitrogens with one attached hydrogen (secondary N) is 1. The number of rotatable bonds is 5. The average Bonchev–Trinajstić information content (AvgIpc) is 2.33. The lowest BCUT2D eigenvalue weighted by Crippen LogP contribution is -2.43. The van der Waals surface area contributed by atoms with Gasteiger partial charge in [-0.2, -0.15) is 0 Å². The minimum atomic E-state index is -0.280. The predicted octanol–water partition coefficient (Wildman–Crippen LogP) is 1.45. The van der Waals surface area contributed by atoms with Crippen LogP contribution in [0.25, 0.3) is 0 Å². The molecule has 0 aliphatic rings. The summed E-state index contributed by atoms with van der Waals surface area (Å²) in [6.07, 6.45) is 0. The lowest BCUT2D eigenvalue weighted by atomic mass is 10.1. The summed E-state index contributed by atoms with van der Waals surface area (Å²) in [5, 5.41) is 2.83. The smallest absolute Gasteiger partial charge is 0.258 e. The zero-order valence-corrected chi connectivity index (χ0v) is 11.9. The van der Waals surface area contributed by atoms with Crippen LogP contribution in [0.5, 0.6) is 11.5 Å². The lowest BCUT2D eigenvalue weighted by Gasteiger charge is -2.21. The van der Waals surface area contributed by atoms with E-state index in [1.54, 1.807) is 13.2 Å². The molecule has 0 saturated carbocycles. The molecule has 3 N–H and O–H groups in total. The van der Waals surface area contributed by atoms with Crippen molar-refractivity contribution < 1.29 is 14.3 Å². The van der Waals surface area contributed by atoms with Gasteiger partial charge in [-0.3, -0.25) is 4.79 Å². The van der Waals surface area contributed by atoms with Crippen molar-refractivity contribution in [2.75, 3.05) is 13.7 Å². The Morgan fingerprint density at radius 2 is 2.05 bits per heavy atom. The Kier molecular flexibility index (Phi) is 5.18. The molecule has 0 heterocycles. The van der Waals surface area contributed by atoms with Crippen LogP contribution in [0.15, 0.2) is 18.2 Å². The van der Waals surface area contributed by atoms with Gasteiger partial charge in [-0.25, -0.2) is 0 Å². The maximum absolute atomic E-state index is 11.7. The van der Waals surface area contributed by atoms with Gasteiger partial charge in [0.25, 0.3) is 5.91 Å². The molecule has 1 aromatic rings. The van der Waals surface area contributed by atoms with Gasteiger partial charge in [-0.15, -0.1) is 0 Å². The summed E-state index contributed by atoms with van der Waals surface area (Å²) in [4.78, 5) is 11.7. The fourth-order valence-electron chi connectivity index (χ4n) is 1.64. The molecule has 0 aliphatic carbocycles. The average molecular weight is 266 g/mol. The summed E-state index contributed by atoms with van der Waals surface area (Å²) in [5.74, 6) is 0.921. The zero-order chi connectivity index (χ0) is 14.5. The van der Waals surface area contributed by atoms with Crippen molar-refractivity contribution in [1.29, 1.82) is 0 Å². The van der Waals surface area contributed by atoms with Crippen LogP contribution in [0.3, 0.4) is 0 Å². The molecule has 0 spiro atoms. The summed E-state index contributed by atoms with van der Waals surface area (Å²) in [5.41, 5.74) is 6.17. The molecular formula is C14H22N2O3. The quantitative estimate of drug-likeness (QED) is 0.846. The summed E-state index contributed by atoms with van der Waals surface area (Å²) in [6.45, 7) is 6.01. The topological polar surface area (TPSA) is 73.6 Å². The molecule has 106 valence electrons. The van der Waals surface area contributed by atoms with Gasteiger partial charge in [0.15, 0.2) is 18.1 Å². The number of para-hydroxylation sites is 1. The Balaban J connectivity index is 2.74. The van der Waals surface area contributed by atoms with Gasteiger partial charge in [0, 0.05) is 17.6 Å². The van der Waals surface area contributed by atoms with Crippen LogP contribution >= 0.6 is 0 Å². The van der Waals surface area contributed by atoms with E-state index in [0.717, 1.165) is 5.56 Å². The van der Waals surface area contributed by atoms with Crippen molar-refractivity contribution in [3.05, 3.63) is 23.8 Å². The Bertz CT molecular complexity index is 417. The molecule has 0 aliphatic heterocycles. The van der Waals surface area contributed by atoms with E-state index in [0.29, 0.717) is 18.0 Å². The highest BCUT2D eigenvalue weighted by atomic mass is 16.5. The molecule has 0 saturated heterocycles. The summed E-state index contributed by atoms with van der Waals surface area (Å²) in [6, 6.07) is 5.46. The molecule has 5 nitrogen and oxygen atoms in total. The van der Waals surface area contributed by atoms with Gasteiger partial charge < -0.3 is 20.5 Å². The minimum absolute atomic E-state index is 0.0648. The molecule has 0 fully saturated rings. The summed E-state index contributed by atoms with van der Waals surface area (Å²) >= 11 is 0. The van der Waals surface area contributed by atoms with Crippen LogP contribution < -0.4 is 20.5 Å². The second-order valence-corrected chi connectivity index (χ2v) is 5.24. The molecule has 0 aromatic heterocycles. The zero-order valence-electron chi connectivity index (χ0n) is 11.9. The van der Waals surface area contributed by atoms with Crippen molar-refractivity contribution in [3.8, 4) is 11.5 Å². The van der Waals surface area contributed by atoms with E-state index in [2.05, 4.69) is 5.32 Å². The number of carbonyl (C=O) groups is 1. The van der Waals surface area contributed by atoms with Crippen molar-refractivity contribution in [2.45, 2.75) is 32.9 Å². The van der Waals surface area contributed by atoms with Crippen molar-refractivity contribution in [3.63, 3.8) is 0 Å². The Morgan fingerprint density at radius 1 is 1.37 bits per heavy atom. The van der Waals surface area contributed by atoms with Gasteiger partial charge in [-0.05, 0) is 26.8 Å². The maximum Gasteiger partial charge on any atom is 0.258 e. The lowest BCUT2D eigenvalue weighted by molar-refractivity contribution is -0.124. The number of nitrogens with two attached hydrogens (primary N) is 1. The first kappa shape index (κ1) is 15.3. The first-order valence-electron chi connectivity index (χ1n) is 6.17. The number of hydrogen-bond acceptors (Lipinski definition) is 4. The third-order valence-corrected chi connectivity index (χ3v) is 2.36. The third-order valence-electron chi connectivity index (χ3n) is 2.36. The highest BCUT2D eigenvalue weighted by Crippen LogP contribution is 2.30. The molecule has 1 aromatic carbocycles. The number of methoxy groups -OCH3 is 1. The highest BCUT2D eigenvalue weighted by molar-refractivity contribution is 5.78. The third kappa shape index (κ3) is 4.79. The first-order valence-corrected chi connectivity index (χ1v) is 6.17. The van der Waals surface area contributed by atoms with E-state index < -0.39 is 0 Å². The Labute approximate surface area is 114 Å². The van der Waals surface area contributed by atoms with E-state index >= 15 is 0 Å². The van der Waals surface area contributed by atoms with Crippen LogP contribution in [-0.4, -0.2) is 25.2 Å². The van der Waals surface area contributed by atoms with Crippen LogP contribution in [0.2, 0.25) is 0 Å². The van der Waals surface area contributed by atoms with Crippen LogP contribution in [0.1, 0.15) is 26.3 Å². The molecular weight excluding hydrogens is 244 g/mol. The second-order valence-electron chi connectivity index (χ2n) is 5.24. The van der Waals surface area contributed by atoms with Crippen LogP contribution in [0.4, 0.5) is 0 Å². The summed E-state index contributed by atoms with van der Waals surface area (Å²) in [7, 11) is 1.55. The predicted molar refractivity (Wildman–Crippen MR) is 74.3 cm³/mol. The van der Waals surface area contributed by atoms with E-state index in [1.807, 2.05) is 32.9 Å². The van der Waals surface area contributed by atoms with Gasteiger partial charge >= 0.3 is 0 Å². The first-order chi connectivity index (χ1) is 8.87. The largest absolute Gasteiger partial charge is 0.493 e. The van der Waals surface area contributed by atoms with Crippen LogP contribution in [0, 0.1) is 0 Å². The fraction of sp³-hybridized carbons (Fsp3) is 0.500. The number of hydrogen-bond donors (Lipinski definition) is 2. The van der Waals surface area contributed by atoms with Crippen molar-refractivity contribution in [1.82, 2.24) is 5.32 Å². The van der Waals surface area contributed by atoms with Gasteiger partial charge in [-0.1, -0.05) is 12.1 Å². The molecule has 1 amide bonds. The molecule has 1 rings (SSSR count). The maximum atomic E-state index is 11.7. The molecule has 0 radical (unpaired) electrons. The Morgan fingerprint density at radius 3 is 2.58 bits per heavy atom. The molecule has 0 bridgehead atoms. The van der Waals surface area contributed by atoms with E-state index in [4.69, 9.17) is 15.2 Å². The van der Waals surface area contributed by atoms with Gasteiger partial charge in [0.1, 0.15) is 0 Å². The normalized spacial score (nSPS) is 11.0. The molecule has 19 heavy (non-hydrogen) atoms. The molecule has 0 atom stereocenters. The number of amides is 1. The van der Waals surface area contributed by atoms with Crippen molar-refractivity contribution in [2.24, 2.45) is 5.73 Å². The van der Waals surface area contributed by atoms with Gasteiger partial charge in [0.2, 0.25) is 0 Å². The van der Waals surface area contributed by atoms with Gasteiger partial charge in [0.05, 0.1) is 7.11 Å². The second kappa shape index (κ2) is 6.43. The van der Waals surface area contributed by atoms with Crippen LogP contribution in [-0.2, 0) is 11.3 Å². The highest BCUT2D eigenvalue weighted by Gasteiger charge is 2.16. The monoisotopic (exact) mass is 266 g/mol. The summed E-state index contributed by atoms with van der Waals surface area (Å²) < 4.78 is 10.7. The van der Waals surface area contributed by atoms with E-state index in [9.17, 15) is 4.79 Å². The SMILES string of the molecule is COc1cccc(CN)c1OCC(=O)NC(C)(C)C. The fourth-order valence-corrected chi connectivity index (χ4v) is 1.64. The number of carbonyl (C=O) groups excluding carboxylic acids is 1. The van der Waals surface area contributed by atoms with Crippen molar-refractivity contribution >= 4 is 5.91 Å².